The molecule has 0 saturated carbocycles. The van der Waals surface area contributed by atoms with Gasteiger partial charge < -0.3 is 10.1 Å². The largest absolute Gasteiger partial charge is 0.488 e. The molecule has 0 spiro atoms. The number of nitrogens with zero attached hydrogens (tertiary/aromatic N) is 1. The molecular formula is C13H21BrN2O. The molecule has 0 aromatic carbocycles. The van der Waals surface area contributed by atoms with Crippen LogP contribution in [-0.4, -0.2) is 23.7 Å². The Morgan fingerprint density at radius 3 is 2.82 bits per heavy atom. The van der Waals surface area contributed by atoms with Crippen LogP contribution < -0.4 is 10.1 Å². The Labute approximate surface area is 112 Å². The highest BCUT2D eigenvalue weighted by Crippen LogP contribution is 2.16. The van der Waals surface area contributed by atoms with Crippen molar-refractivity contribution in [2.24, 2.45) is 0 Å². The van der Waals surface area contributed by atoms with Crippen LogP contribution in [0.3, 0.4) is 0 Å². The highest BCUT2D eigenvalue weighted by Gasteiger charge is 2.06. The Bertz CT molecular complexity index is 333. The van der Waals surface area contributed by atoms with Gasteiger partial charge in [-0.25, -0.2) is 0 Å². The van der Waals surface area contributed by atoms with Crippen LogP contribution in [0.2, 0.25) is 0 Å². The van der Waals surface area contributed by atoms with E-state index in [4.69, 9.17) is 4.74 Å². The lowest BCUT2D eigenvalue weighted by atomic mass is 10.2. The molecule has 2 atom stereocenters. The first kappa shape index (κ1) is 14.5. The summed E-state index contributed by atoms with van der Waals surface area (Å²) in [4.78, 5) is 4.07. The molecule has 1 aromatic rings. The van der Waals surface area contributed by atoms with Crippen molar-refractivity contribution in [1.29, 1.82) is 0 Å². The summed E-state index contributed by atoms with van der Waals surface area (Å²) in [5.41, 5.74) is 0. The van der Waals surface area contributed by atoms with Gasteiger partial charge in [-0.1, -0.05) is 13.3 Å². The van der Waals surface area contributed by atoms with Gasteiger partial charge in [0, 0.05) is 23.3 Å². The highest BCUT2D eigenvalue weighted by atomic mass is 79.9. The van der Waals surface area contributed by atoms with Crippen LogP contribution in [0.5, 0.6) is 5.75 Å². The summed E-state index contributed by atoms with van der Waals surface area (Å²) in [6, 6.07) is 2.48. The van der Waals surface area contributed by atoms with Crippen molar-refractivity contribution in [2.75, 3.05) is 6.54 Å². The zero-order valence-corrected chi connectivity index (χ0v) is 12.3. The number of rotatable bonds is 7. The standard InChI is InChI=1S/C13H21BrN2O/c1-4-5-10(2)16-7-11(3)17-13-6-12(14)8-15-9-13/h6,8-11,16H,4-5,7H2,1-3H3. The lowest BCUT2D eigenvalue weighted by Crippen LogP contribution is -2.34. The third kappa shape index (κ3) is 6.03. The smallest absolute Gasteiger partial charge is 0.139 e. The molecule has 96 valence electrons. The minimum absolute atomic E-state index is 0.144. The van der Waals surface area contributed by atoms with Gasteiger partial charge in [-0.2, -0.15) is 0 Å². The first-order valence-electron chi connectivity index (χ1n) is 6.12. The maximum atomic E-state index is 5.77. The second-order valence-electron chi connectivity index (χ2n) is 4.37. The van der Waals surface area contributed by atoms with Crippen LogP contribution in [0, 0.1) is 0 Å². The van der Waals surface area contributed by atoms with Gasteiger partial charge in [-0.05, 0) is 42.3 Å². The third-order valence-electron chi connectivity index (χ3n) is 2.49. The fraction of sp³-hybridized carbons (Fsp3) is 0.615. The second-order valence-corrected chi connectivity index (χ2v) is 5.28. The normalized spacial score (nSPS) is 14.4. The third-order valence-corrected chi connectivity index (χ3v) is 2.93. The summed E-state index contributed by atoms with van der Waals surface area (Å²) < 4.78 is 6.71. The van der Waals surface area contributed by atoms with Gasteiger partial charge in [0.25, 0.3) is 0 Å². The van der Waals surface area contributed by atoms with Crippen molar-refractivity contribution < 1.29 is 4.74 Å². The molecule has 0 aliphatic heterocycles. The van der Waals surface area contributed by atoms with E-state index in [1.165, 1.54) is 12.8 Å². The Morgan fingerprint density at radius 2 is 2.18 bits per heavy atom. The molecule has 0 saturated heterocycles. The Kier molecular flexibility index (Phi) is 6.52. The van der Waals surface area contributed by atoms with E-state index in [1.54, 1.807) is 12.4 Å². The van der Waals surface area contributed by atoms with Crippen molar-refractivity contribution in [3.8, 4) is 5.75 Å². The van der Waals surface area contributed by atoms with Gasteiger partial charge in [0.15, 0.2) is 0 Å². The monoisotopic (exact) mass is 300 g/mol. The molecule has 0 amide bonds. The number of pyridine rings is 1. The van der Waals surface area contributed by atoms with Gasteiger partial charge in [-0.3, -0.25) is 4.98 Å². The van der Waals surface area contributed by atoms with E-state index in [1.807, 2.05) is 6.07 Å². The van der Waals surface area contributed by atoms with E-state index in [0.29, 0.717) is 6.04 Å². The average Bonchev–Trinajstić information content (AvgIpc) is 2.27. The summed E-state index contributed by atoms with van der Waals surface area (Å²) in [6.07, 6.45) is 6.03. The van der Waals surface area contributed by atoms with Crippen molar-refractivity contribution in [3.63, 3.8) is 0 Å². The van der Waals surface area contributed by atoms with Crippen molar-refractivity contribution in [3.05, 3.63) is 22.9 Å². The topological polar surface area (TPSA) is 34.1 Å². The zero-order valence-electron chi connectivity index (χ0n) is 10.7. The van der Waals surface area contributed by atoms with Crippen molar-refractivity contribution >= 4 is 15.9 Å². The molecule has 1 aromatic heterocycles. The van der Waals surface area contributed by atoms with E-state index in [2.05, 4.69) is 47.0 Å². The Morgan fingerprint density at radius 1 is 1.41 bits per heavy atom. The quantitative estimate of drug-likeness (QED) is 0.838. The van der Waals surface area contributed by atoms with Crippen LogP contribution >= 0.6 is 15.9 Å². The minimum atomic E-state index is 0.144. The summed E-state index contributed by atoms with van der Waals surface area (Å²) in [5, 5.41) is 3.46. The van der Waals surface area contributed by atoms with E-state index in [0.717, 1.165) is 16.8 Å². The van der Waals surface area contributed by atoms with Gasteiger partial charge in [-0.15, -0.1) is 0 Å². The Hall–Kier alpha value is -0.610. The lowest BCUT2D eigenvalue weighted by Gasteiger charge is -2.18. The fourth-order valence-electron chi connectivity index (χ4n) is 1.63. The van der Waals surface area contributed by atoms with Crippen LogP contribution in [0.1, 0.15) is 33.6 Å². The van der Waals surface area contributed by atoms with E-state index in [-0.39, 0.29) is 6.10 Å². The van der Waals surface area contributed by atoms with E-state index < -0.39 is 0 Å². The predicted octanol–water partition coefficient (Wildman–Crippen LogP) is 3.39. The summed E-state index contributed by atoms with van der Waals surface area (Å²) in [7, 11) is 0. The number of aromatic nitrogens is 1. The zero-order chi connectivity index (χ0) is 12.7. The summed E-state index contributed by atoms with van der Waals surface area (Å²) >= 11 is 3.38. The van der Waals surface area contributed by atoms with Gasteiger partial charge >= 0.3 is 0 Å². The molecule has 0 bridgehead atoms. The number of nitrogens with one attached hydrogen (secondary N) is 1. The predicted molar refractivity (Wildman–Crippen MR) is 74.4 cm³/mol. The number of halogens is 1. The number of hydrogen-bond donors (Lipinski definition) is 1. The molecule has 1 rings (SSSR count). The van der Waals surface area contributed by atoms with Gasteiger partial charge in [0.05, 0.1) is 6.20 Å². The summed E-state index contributed by atoms with van der Waals surface area (Å²) in [6.45, 7) is 7.32. The minimum Gasteiger partial charge on any atom is -0.488 e. The highest BCUT2D eigenvalue weighted by molar-refractivity contribution is 9.10. The maximum absolute atomic E-state index is 5.77. The van der Waals surface area contributed by atoms with Crippen molar-refractivity contribution in [2.45, 2.75) is 45.8 Å². The van der Waals surface area contributed by atoms with Crippen LogP contribution in [0.15, 0.2) is 22.9 Å². The molecule has 0 radical (unpaired) electrons. The molecule has 0 aliphatic carbocycles. The van der Waals surface area contributed by atoms with E-state index in [9.17, 15) is 0 Å². The van der Waals surface area contributed by atoms with Crippen LogP contribution in [0.25, 0.3) is 0 Å². The second kappa shape index (κ2) is 7.67. The average molecular weight is 301 g/mol. The van der Waals surface area contributed by atoms with Crippen molar-refractivity contribution in [1.82, 2.24) is 10.3 Å². The molecule has 0 fully saturated rings. The van der Waals surface area contributed by atoms with Gasteiger partial charge in [0.1, 0.15) is 11.9 Å². The molecule has 4 heteroatoms. The maximum Gasteiger partial charge on any atom is 0.139 e. The molecule has 17 heavy (non-hydrogen) atoms. The van der Waals surface area contributed by atoms with Gasteiger partial charge in [0.2, 0.25) is 0 Å². The molecule has 1 heterocycles. The van der Waals surface area contributed by atoms with E-state index >= 15 is 0 Å². The van der Waals surface area contributed by atoms with Crippen LogP contribution in [0.4, 0.5) is 0 Å². The SMILES string of the molecule is CCCC(C)NCC(C)Oc1cncc(Br)c1. The fourth-order valence-corrected chi connectivity index (χ4v) is 1.98. The molecule has 1 N–H and O–H groups in total. The Balaban J connectivity index is 2.32. The molecule has 2 unspecified atom stereocenters. The summed E-state index contributed by atoms with van der Waals surface area (Å²) in [5.74, 6) is 0.803. The molecular weight excluding hydrogens is 280 g/mol. The number of hydrogen-bond acceptors (Lipinski definition) is 3. The number of ether oxygens (including phenoxy) is 1. The first-order valence-corrected chi connectivity index (χ1v) is 6.91. The molecule has 3 nitrogen and oxygen atoms in total. The first-order chi connectivity index (χ1) is 8.11. The lowest BCUT2D eigenvalue weighted by molar-refractivity contribution is 0.210. The van der Waals surface area contributed by atoms with Crippen LogP contribution in [-0.2, 0) is 0 Å². The molecule has 0 aliphatic rings.